The second-order valence-corrected chi connectivity index (χ2v) is 3.67. The van der Waals surface area contributed by atoms with Crippen LogP contribution in [0.15, 0.2) is 27.4 Å². The van der Waals surface area contributed by atoms with Gasteiger partial charge in [0.1, 0.15) is 5.78 Å². The van der Waals surface area contributed by atoms with Crippen LogP contribution in [0.2, 0.25) is 0 Å². The number of oxazole rings is 1. The van der Waals surface area contributed by atoms with E-state index in [2.05, 4.69) is 5.32 Å². The van der Waals surface area contributed by atoms with Gasteiger partial charge < -0.3 is 9.73 Å². The van der Waals surface area contributed by atoms with Gasteiger partial charge in [-0.1, -0.05) is 0 Å². The van der Waals surface area contributed by atoms with Crippen molar-refractivity contribution in [1.29, 1.82) is 0 Å². The van der Waals surface area contributed by atoms with Crippen LogP contribution in [0.4, 0.5) is 5.69 Å². The lowest BCUT2D eigenvalue weighted by molar-refractivity contribution is -0.115. The number of benzene rings is 1. The number of ketones is 1. The Labute approximate surface area is 91.7 Å². The van der Waals surface area contributed by atoms with Crippen LogP contribution in [-0.4, -0.2) is 16.9 Å². The number of anilines is 1. The van der Waals surface area contributed by atoms with Gasteiger partial charge in [0.15, 0.2) is 5.58 Å². The zero-order chi connectivity index (χ0) is 11.7. The van der Waals surface area contributed by atoms with Crippen molar-refractivity contribution in [2.45, 2.75) is 6.92 Å². The summed E-state index contributed by atoms with van der Waals surface area (Å²) in [6.07, 6.45) is 0. The minimum absolute atomic E-state index is 0.0566. The van der Waals surface area contributed by atoms with E-state index >= 15 is 0 Å². The number of nitrogens with one attached hydrogen (secondary N) is 1. The molecule has 0 unspecified atom stereocenters. The first-order valence-electron chi connectivity index (χ1n) is 4.91. The Morgan fingerprint density at radius 2 is 2.25 bits per heavy atom. The van der Waals surface area contributed by atoms with E-state index < -0.39 is 5.76 Å². The topological polar surface area (TPSA) is 64.2 Å². The molecule has 0 radical (unpaired) electrons. The highest BCUT2D eigenvalue weighted by molar-refractivity contribution is 5.82. The van der Waals surface area contributed by atoms with Gasteiger partial charge in [-0.25, -0.2) is 4.79 Å². The molecular formula is C11H12N2O3. The Morgan fingerprint density at radius 3 is 2.94 bits per heavy atom. The van der Waals surface area contributed by atoms with E-state index in [0.29, 0.717) is 11.1 Å². The molecule has 2 aromatic rings. The van der Waals surface area contributed by atoms with E-state index in [-0.39, 0.29) is 12.3 Å². The lowest BCUT2D eigenvalue weighted by Crippen LogP contribution is -2.10. The van der Waals surface area contributed by atoms with E-state index in [1.807, 2.05) is 0 Å². The second kappa shape index (κ2) is 3.84. The van der Waals surface area contributed by atoms with Crippen LogP contribution in [0.25, 0.3) is 11.1 Å². The van der Waals surface area contributed by atoms with E-state index in [1.54, 1.807) is 25.2 Å². The Balaban J connectivity index is 2.39. The van der Waals surface area contributed by atoms with Crippen LogP contribution in [-0.2, 0) is 11.8 Å². The summed E-state index contributed by atoms with van der Waals surface area (Å²) in [4.78, 5) is 22.1. The van der Waals surface area contributed by atoms with Gasteiger partial charge in [0.05, 0.1) is 12.1 Å². The summed E-state index contributed by atoms with van der Waals surface area (Å²) in [5, 5.41) is 2.97. The van der Waals surface area contributed by atoms with E-state index in [1.165, 1.54) is 11.5 Å². The standard InChI is InChI=1S/C11H12N2O3/c1-7(14)6-12-8-3-4-10-9(5-8)13(2)11(15)16-10/h3-5,12H,6H2,1-2H3. The largest absolute Gasteiger partial charge is 0.419 e. The monoisotopic (exact) mass is 220 g/mol. The SMILES string of the molecule is CC(=O)CNc1ccc2oc(=O)n(C)c2c1. The average molecular weight is 220 g/mol. The second-order valence-electron chi connectivity index (χ2n) is 3.67. The zero-order valence-electron chi connectivity index (χ0n) is 9.11. The minimum Gasteiger partial charge on any atom is -0.408 e. The molecule has 5 heteroatoms. The maximum absolute atomic E-state index is 11.2. The van der Waals surface area contributed by atoms with Gasteiger partial charge >= 0.3 is 5.76 Å². The molecule has 0 saturated heterocycles. The molecule has 1 N–H and O–H groups in total. The quantitative estimate of drug-likeness (QED) is 0.842. The summed E-state index contributed by atoms with van der Waals surface area (Å²) in [5.41, 5.74) is 2.04. The number of carbonyl (C=O) groups is 1. The van der Waals surface area contributed by atoms with Crippen molar-refractivity contribution in [3.05, 3.63) is 28.7 Å². The summed E-state index contributed by atoms with van der Waals surface area (Å²) >= 11 is 0. The number of aromatic nitrogens is 1. The third-order valence-corrected chi connectivity index (χ3v) is 2.33. The van der Waals surface area contributed by atoms with E-state index in [4.69, 9.17) is 4.42 Å². The molecule has 2 rings (SSSR count). The first-order valence-corrected chi connectivity index (χ1v) is 4.91. The summed E-state index contributed by atoms with van der Waals surface area (Å²) in [6, 6.07) is 5.26. The van der Waals surface area contributed by atoms with Crippen LogP contribution in [0.5, 0.6) is 0 Å². The Kier molecular flexibility index (Phi) is 2.52. The summed E-state index contributed by atoms with van der Waals surface area (Å²) < 4.78 is 6.42. The lowest BCUT2D eigenvalue weighted by atomic mass is 10.2. The molecule has 1 aromatic heterocycles. The number of fused-ring (bicyclic) bond motifs is 1. The normalized spacial score (nSPS) is 10.6. The molecule has 84 valence electrons. The summed E-state index contributed by atoms with van der Waals surface area (Å²) in [5.74, 6) is -0.333. The van der Waals surface area contributed by atoms with Gasteiger partial charge in [-0.05, 0) is 25.1 Å². The number of rotatable bonds is 3. The van der Waals surface area contributed by atoms with Gasteiger partial charge in [-0.2, -0.15) is 0 Å². The van der Waals surface area contributed by atoms with Crippen molar-refractivity contribution >= 4 is 22.6 Å². The van der Waals surface area contributed by atoms with Crippen LogP contribution in [0.3, 0.4) is 0 Å². The Bertz CT molecular complexity index is 595. The minimum atomic E-state index is -0.390. The number of hydrogen-bond donors (Lipinski definition) is 1. The van der Waals surface area contributed by atoms with E-state index in [0.717, 1.165) is 5.69 Å². The van der Waals surface area contributed by atoms with Crippen molar-refractivity contribution in [1.82, 2.24) is 4.57 Å². The van der Waals surface area contributed by atoms with Gasteiger partial charge in [-0.15, -0.1) is 0 Å². The molecule has 1 heterocycles. The lowest BCUT2D eigenvalue weighted by Gasteiger charge is -2.03. The molecule has 0 amide bonds. The molecule has 0 aliphatic carbocycles. The number of carbonyl (C=O) groups excluding carboxylic acids is 1. The van der Waals surface area contributed by atoms with Crippen molar-refractivity contribution < 1.29 is 9.21 Å². The first-order chi connectivity index (χ1) is 7.58. The molecule has 0 spiro atoms. The zero-order valence-corrected chi connectivity index (χ0v) is 9.11. The van der Waals surface area contributed by atoms with Gasteiger partial charge in [0.25, 0.3) is 0 Å². The molecule has 0 bridgehead atoms. The number of nitrogens with zero attached hydrogens (tertiary/aromatic N) is 1. The predicted octanol–water partition coefficient (Wildman–Crippen LogP) is 1.13. The third-order valence-electron chi connectivity index (χ3n) is 2.33. The molecule has 16 heavy (non-hydrogen) atoms. The number of aryl methyl sites for hydroxylation is 1. The molecule has 0 aliphatic rings. The maximum atomic E-state index is 11.2. The first kappa shape index (κ1) is 10.5. The number of hydrogen-bond acceptors (Lipinski definition) is 4. The van der Waals surface area contributed by atoms with Gasteiger partial charge in [0.2, 0.25) is 0 Å². The van der Waals surface area contributed by atoms with Crippen molar-refractivity contribution in [3.63, 3.8) is 0 Å². The predicted molar refractivity (Wildman–Crippen MR) is 60.6 cm³/mol. The summed E-state index contributed by atoms with van der Waals surface area (Å²) in [6.45, 7) is 1.79. The van der Waals surface area contributed by atoms with Crippen LogP contribution in [0, 0.1) is 0 Å². The molecule has 0 saturated carbocycles. The van der Waals surface area contributed by atoms with Crippen molar-refractivity contribution in [2.24, 2.45) is 7.05 Å². The third kappa shape index (κ3) is 1.84. The molecule has 0 aliphatic heterocycles. The van der Waals surface area contributed by atoms with Crippen LogP contribution >= 0.6 is 0 Å². The molecule has 5 nitrogen and oxygen atoms in total. The fraction of sp³-hybridized carbons (Fsp3) is 0.273. The molecule has 0 fully saturated rings. The van der Waals surface area contributed by atoms with Gasteiger partial charge in [0, 0.05) is 12.7 Å². The fourth-order valence-corrected chi connectivity index (χ4v) is 1.46. The van der Waals surface area contributed by atoms with Gasteiger partial charge in [-0.3, -0.25) is 9.36 Å². The fourth-order valence-electron chi connectivity index (χ4n) is 1.46. The number of Topliss-reactive ketones (excluding diaryl/α,β-unsaturated/α-hetero) is 1. The van der Waals surface area contributed by atoms with Crippen LogP contribution < -0.4 is 11.1 Å². The Hall–Kier alpha value is -2.04. The Morgan fingerprint density at radius 1 is 1.50 bits per heavy atom. The summed E-state index contributed by atoms with van der Waals surface area (Å²) in [7, 11) is 1.64. The average Bonchev–Trinajstić information content (AvgIpc) is 2.52. The highest BCUT2D eigenvalue weighted by Gasteiger charge is 2.06. The highest BCUT2D eigenvalue weighted by atomic mass is 16.4. The van der Waals surface area contributed by atoms with E-state index in [9.17, 15) is 9.59 Å². The van der Waals surface area contributed by atoms with Crippen LogP contribution in [0.1, 0.15) is 6.92 Å². The smallest absolute Gasteiger partial charge is 0.408 e. The highest BCUT2D eigenvalue weighted by Crippen LogP contribution is 2.17. The van der Waals surface area contributed by atoms with Crippen molar-refractivity contribution in [3.8, 4) is 0 Å². The molecule has 0 atom stereocenters. The maximum Gasteiger partial charge on any atom is 0.419 e. The molecule has 1 aromatic carbocycles. The molecular weight excluding hydrogens is 208 g/mol. The van der Waals surface area contributed by atoms with Crippen molar-refractivity contribution in [2.75, 3.05) is 11.9 Å².